The fraction of sp³-hybridized carbons (Fsp3) is 0.625. The molecule has 1 unspecified atom stereocenters. The van der Waals surface area contributed by atoms with Crippen molar-refractivity contribution < 1.29 is 13.2 Å². The molecule has 0 amide bonds. The Hall–Kier alpha value is -1.03. The molecule has 20 heavy (non-hydrogen) atoms. The third-order valence-electron chi connectivity index (χ3n) is 3.53. The maximum absolute atomic E-state index is 13.5. The first-order valence-corrected chi connectivity index (χ1v) is 7.46. The molecule has 2 N–H and O–H groups in total. The highest BCUT2D eigenvalue weighted by atomic mass is 19.1. The molecule has 0 saturated carbocycles. The SMILES string of the molecule is CCCCCCCCCC(N)c1c(F)cc(F)cc1F. The van der Waals surface area contributed by atoms with Gasteiger partial charge in [-0.05, 0) is 6.42 Å². The topological polar surface area (TPSA) is 26.0 Å². The molecule has 0 saturated heterocycles. The van der Waals surface area contributed by atoms with Crippen molar-refractivity contribution in [1.29, 1.82) is 0 Å². The Balaban J connectivity index is 2.34. The molecule has 0 aliphatic carbocycles. The molecule has 0 radical (unpaired) electrons. The van der Waals surface area contributed by atoms with Gasteiger partial charge >= 0.3 is 0 Å². The van der Waals surface area contributed by atoms with Gasteiger partial charge in [0.25, 0.3) is 0 Å². The molecule has 1 aromatic carbocycles. The lowest BCUT2D eigenvalue weighted by atomic mass is 9.99. The minimum absolute atomic E-state index is 0.197. The molecular formula is C16H24F3N. The monoisotopic (exact) mass is 287 g/mol. The Morgan fingerprint density at radius 1 is 0.900 bits per heavy atom. The van der Waals surface area contributed by atoms with Gasteiger partial charge in [0.05, 0.1) is 0 Å². The van der Waals surface area contributed by atoms with E-state index >= 15 is 0 Å². The van der Waals surface area contributed by atoms with Crippen molar-refractivity contribution in [1.82, 2.24) is 0 Å². The largest absolute Gasteiger partial charge is 0.324 e. The third kappa shape index (κ3) is 5.53. The van der Waals surface area contributed by atoms with Gasteiger partial charge in [-0.3, -0.25) is 0 Å². The Bertz CT molecular complexity index is 384. The van der Waals surface area contributed by atoms with E-state index in [2.05, 4.69) is 6.92 Å². The molecule has 0 bridgehead atoms. The molecule has 0 heterocycles. The lowest BCUT2D eigenvalue weighted by Gasteiger charge is -2.14. The van der Waals surface area contributed by atoms with Crippen molar-refractivity contribution in [2.75, 3.05) is 0 Å². The van der Waals surface area contributed by atoms with Crippen LogP contribution in [0.5, 0.6) is 0 Å². The fourth-order valence-electron chi connectivity index (χ4n) is 2.37. The van der Waals surface area contributed by atoms with Crippen LogP contribution in [0.1, 0.15) is 69.9 Å². The van der Waals surface area contributed by atoms with E-state index in [9.17, 15) is 13.2 Å². The van der Waals surface area contributed by atoms with Crippen LogP contribution in [0.4, 0.5) is 13.2 Å². The molecule has 0 fully saturated rings. The summed E-state index contributed by atoms with van der Waals surface area (Å²) in [4.78, 5) is 0. The van der Waals surface area contributed by atoms with Crippen LogP contribution in [0.3, 0.4) is 0 Å². The summed E-state index contributed by atoms with van der Waals surface area (Å²) < 4.78 is 39.8. The molecule has 0 aromatic heterocycles. The summed E-state index contributed by atoms with van der Waals surface area (Å²) in [6, 6.07) is 0.665. The predicted molar refractivity (Wildman–Crippen MR) is 75.9 cm³/mol. The molecule has 1 atom stereocenters. The van der Waals surface area contributed by atoms with Crippen LogP contribution in [0.15, 0.2) is 12.1 Å². The van der Waals surface area contributed by atoms with Gasteiger partial charge in [0.15, 0.2) is 0 Å². The van der Waals surface area contributed by atoms with Crippen molar-refractivity contribution in [3.05, 3.63) is 35.1 Å². The van der Waals surface area contributed by atoms with Crippen LogP contribution in [0.2, 0.25) is 0 Å². The summed E-state index contributed by atoms with van der Waals surface area (Å²) in [5.74, 6) is -2.69. The van der Waals surface area contributed by atoms with E-state index in [4.69, 9.17) is 5.73 Å². The zero-order valence-electron chi connectivity index (χ0n) is 12.1. The van der Waals surface area contributed by atoms with Gasteiger partial charge in [-0.25, -0.2) is 13.2 Å². The lowest BCUT2D eigenvalue weighted by Crippen LogP contribution is -2.14. The van der Waals surface area contributed by atoms with Crippen LogP contribution in [0, 0.1) is 17.5 Å². The van der Waals surface area contributed by atoms with E-state index in [0.29, 0.717) is 18.6 Å². The second-order valence-electron chi connectivity index (χ2n) is 5.30. The van der Waals surface area contributed by atoms with Crippen LogP contribution in [0.25, 0.3) is 0 Å². The second kappa shape index (κ2) is 9.01. The van der Waals surface area contributed by atoms with Gasteiger partial charge in [0.2, 0.25) is 0 Å². The highest BCUT2D eigenvalue weighted by molar-refractivity contribution is 5.23. The fourth-order valence-corrected chi connectivity index (χ4v) is 2.37. The van der Waals surface area contributed by atoms with Crippen molar-refractivity contribution in [2.24, 2.45) is 5.73 Å². The Kier molecular flexibility index (Phi) is 7.67. The summed E-state index contributed by atoms with van der Waals surface area (Å²) in [6.07, 6.45) is 8.41. The Labute approximate surface area is 119 Å². The zero-order valence-corrected chi connectivity index (χ0v) is 12.1. The second-order valence-corrected chi connectivity index (χ2v) is 5.30. The number of hydrogen-bond acceptors (Lipinski definition) is 1. The molecule has 4 heteroatoms. The number of hydrogen-bond donors (Lipinski definition) is 1. The summed E-state index contributed by atoms with van der Waals surface area (Å²) in [7, 11) is 0. The maximum atomic E-state index is 13.5. The van der Waals surface area contributed by atoms with Crippen molar-refractivity contribution in [3.8, 4) is 0 Å². The van der Waals surface area contributed by atoms with Crippen LogP contribution in [-0.2, 0) is 0 Å². The minimum atomic E-state index is -0.910. The van der Waals surface area contributed by atoms with Crippen LogP contribution >= 0.6 is 0 Å². The summed E-state index contributed by atoms with van der Waals surface area (Å²) in [6.45, 7) is 2.17. The molecule has 0 aliphatic rings. The zero-order chi connectivity index (χ0) is 15.0. The highest BCUT2D eigenvalue weighted by Crippen LogP contribution is 2.24. The van der Waals surface area contributed by atoms with E-state index < -0.39 is 23.5 Å². The summed E-state index contributed by atoms with van der Waals surface area (Å²) >= 11 is 0. The molecule has 114 valence electrons. The quantitative estimate of drug-likeness (QED) is 0.617. The highest BCUT2D eigenvalue weighted by Gasteiger charge is 2.17. The van der Waals surface area contributed by atoms with Crippen molar-refractivity contribution in [2.45, 2.75) is 64.3 Å². The average molecular weight is 287 g/mol. The first kappa shape index (κ1) is 17.0. The number of benzene rings is 1. The molecule has 1 rings (SSSR count). The normalized spacial score (nSPS) is 12.7. The number of nitrogens with two attached hydrogens (primary N) is 1. The maximum Gasteiger partial charge on any atom is 0.133 e. The van der Waals surface area contributed by atoms with Gasteiger partial charge in [0, 0.05) is 23.7 Å². The predicted octanol–water partition coefficient (Wildman–Crippen LogP) is 5.24. The first-order valence-electron chi connectivity index (χ1n) is 7.46. The number of rotatable bonds is 9. The van der Waals surface area contributed by atoms with Crippen LogP contribution < -0.4 is 5.73 Å². The van der Waals surface area contributed by atoms with Crippen LogP contribution in [-0.4, -0.2) is 0 Å². The Morgan fingerprint density at radius 2 is 1.40 bits per heavy atom. The number of halogens is 3. The third-order valence-corrected chi connectivity index (χ3v) is 3.53. The van der Waals surface area contributed by atoms with Gasteiger partial charge < -0.3 is 5.73 Å². The van der Waals surface area contributed by atoms with Gasteiger partial charge in [-0.2, -0.15) is 0 Å². The van der Waals surface area contributed by atoms with E-state index in [1.807, 2.05) is 0 Å². The van der Waals surface area contributed by atoms with Gasteiger partial charge in [-0.15, -0.1) is 0 Å². The molecule has 0 spiro atoms. The van der Waals surface area contributed by atoms with E-state index in [0.717, 1.165) is 19.3 Å². The van der Waals surface area contributed by atoms with E-state index in [1.54, 1.807) is 0 Å². The first-order chi connectivity index (χ1) is 9.56. The van der Waals surface area contributed by atoms with E-state index in [-0.39, 0.29) is 5.56 Å². The summed E-state index contributed by atoms with van der Waals surface area (Å²) in [5.41, 5.74) is 5.61. The lowest BCUT2D eigenvalue weighted by molar-refractivity contribution is 0.478. The molecule has 0 aliphatic heterocycles. The molecular weight excluding hydrogens is 263 g/mol. The average Bonchev–Trinajstić information content (AvgIpc) is 2.36. The van der Waals surface area contributed by atoms with Crippen molar-refractivity contribution >= 4 is 0 Å². The molecule has 1 aromatic rings. The standard InChI is InChI=1S/C16H24F3N/c1-2-3-4-5-6-7-8-9-15(20)16-13(18)10-12(17)11-14(16)19/h10-11,15H,2-9,20H2,1H3. The van der Waals surface area contributed by atoms with Crippen molar-refractivity contribution in [3.63, 3.8) is 0 Å². The Morgan fingerprint density at radius 3 is 1.95 bits per heavy atom. The molecule has 1 nitrogen and oxygen atoms in total. The smallest absolute Gasteiger partial charge is 0.133 e. The minimum Gasteiger partial charge on any atom is -0.324 e. The van der Waals surface area contributed by atoms with E-state index in [1.165, 1.54) is 25.7 Å². The summed E-state index contributed by atoms with van der Waals surface area (Å²) in [5, 5.41) is 0. The van der Waals surface area contributed by atoms with Gasteiger partial charge in [-0.1, -0.05) is 51.9 Å². The number of unbranched alkanes of at least 4 members (excludes halogenated alkanes) is 6. The van der Waals surface area contributed by atoms with Gasteiger partial charge in [0.1, 0.15) is 17.5 Å².